The minimum absolute atomic E-state index is 0.0315. The normalized spacial score (nSPS) is 9.80. The lowest BCUT2D eigenvalue weighted by atomic mass is 10.1. The fraction of sp³-hybridized carbons (Fsp3) is 0.364. The van der Waals surface area contributed by atoms with E-state index in [1.807, 2.05) is 12.1 Å². The number of methoxy groups -OCH3 is 1. The maximum atomic E-state index is 10.7. The molecule has 1 aromatic carbocycles. The second-order valence-electron chi connectivity index (χ2n) is 3.19. The number of carbonyl (C=O) groups is 1. The third-order valence-electron chi connectivity index (χ3n) is 2.01. The van der Waals surface area contributed by atoms with E-state index in [1.54, 1.807) is 13.2 Å². The van der Waals surface area contributed by atoms with Crippen LogP contribution in [0.5, 0.6) is 5.75 Å². The number of hydrogen-bond acceptors (Lipinski definition) is 2. The van der Waals surface area contributed by atoms with E-state index >= 15 is 0 Å². The zero-order valence-electron chi connectivity index (χ0n) is 8.84. The molecule has 4 heteroatoms. The van der Waals surface area contributed by atoms with Crippen molar-refractivity contribution in [1.82, 2.24) is 5.32 Å². The lowest BCUT2D eigenvalue weighted by molar-refractivity contribution is -0.118. The average molecular weight is 228 g/mol. The number of ether oxygens (including phenoxy) is 1. The molecule has 82 valence electrons. The van der Waals surface area contributed by atoms with E-state index in [0.717, 1.165) is 11.3 Å². The van der Waals surface area contributed by atoms with Crippen molar-refractivity contribution in [3.05, 3.63) is 28.8 Å². The van der Waals surface area contributed by atoms with Crippen LogP contribution in [0.25, 0.3) is 0 Å². The quantitative estimate of drug-likeness (QED) is 0.855. The van der Waals surface area contributed by atoms with Crippen molar-refractivity contribution in [2.75, 3.05) is 13.7 Å². The van der Waals surface area contributed by atoms with Gasteiger partial charge in [0.15, 0.2) is 0 Å². The summed E-state index contributed by atoms with van der Waals surface area (Å²) in [6.07, 6.45) is 0.712. The fourth-order valence-electron chi connectivity index (χ4n) is 1.32. The van der Waals surface area contributed by atoms with Gasteiger partial charge in [-0.1, -0.05) is 11.6 Å². The maximum Gasteiger partial charge on any atom is 0.216 e. The van der Waals surface area contributed by atoms with E-state index in [0.29, 0.717) is 18.0 Å². The summed E-state index contributed by atoms with van der Waals surface area (Å²) < 4.78 is 5.19. The van der Waals surface area contributed by atoms with Gasteiger partial charge in [-0.15, -0.1) is 0 Å². The highest BCUT2D eigenvalue weighted by molar-refractivity contribution is 6.30. The highest BCUT2D eigenvalue weighted by atomic mass is 35.5. The van der Waals surface area contributed by atoms with Crippen molar-refractivity contribution >= 4 is 17.5 Å². The Kier molecular flexibility index (Phi) is 4.43. The summed E-state index contributed by atoms with van der Waals surface area (Å²) in [6.45, 7) is 2.08. The summed E-state index contributed by atoms with van der Waals surface area (Å²) in [5.74, 6) is 0.765. The monoisotopic (exact) mass is 227 g/mol. The lowest BCUT2D eigenvalue weighted by Crippen LogP contribution is -2.22. The Balaban J connectivity index is 2.65. The predicted octanol–water partition coefficient (Wildman–Crippen LogP) is 2.03. The smallest absolute Gasteiger partial charge is 0.216 e. The first-order chi connectivity index (χ1) is 7.13. The van der Waals surface area contributed by atoms with Crippen molar-refractivity contribution < 1.29 is 9.53 Å². The van der Waals surface area contributed by atoms with Crippen molar-refractivity contribution in [2.45, 2.75) is 13.3 Å². The molecule has 0 radical (unpaired) electrons. The molecule has 1 amide bonds. The molecule has 1 rings (SSSR count). The first kappa shape index (κ1) is 11.9. The summed E-state index contributed by atoms with van der Waals surface area (Å²) in [6, 6.07) is 5.45. The van der Waals surface area contributed by atoms with E-state index in [2.05, 4.69) is 5.32 Å². The second kappa shape index (κ2) is 5.61. The Morgan fingerprint density at radius 3 is 2.87 bits per heavy atom. The molecule has 0 fully saturated rings. The van der Waals surface area contributed by atoms with E-state index in [1.165, 1.54) is 6.92 Å². The third kappa shape index (κ3) is 3.80. The summed E-state index contributed by atoms with van der Waals surface area (Å²) in [5, 5.41) is 3.40. The number of carbonyl (C=O) groups excluding carboxylic acids is 1. The van der Waals surface area contributed by atoms with Crippen LogP contribution in [-0.2, 0) is 11.2 Å². The Morgan fingerprint density at radius 1 is 1.53 bits per heavy atom. The number of amides is 1. The fourth-order valence-corrected chi connectivity index (χ4v) is 1.51. The highest BCUT2D eigenvalue weighted by Crippen LogP contribution is 2.22. The Labute approximate surface area is 94.4 Å². The molecule has 0 aliphatic rings. The van der Waals surface area contributed by atoms with Crippen LogP contribution < -0.4 is 10.1 Å². The highest BCUT2D eigenvalue weighted by Gasteiger charge is 2.03. The zero-order chi connectivity index (χ0) is 11.3. The standard InChI is InChI=1S/C11H14ClNO2/c1-8(14)13-6-5-9-7-10(12)3-4-11(9)15-2/h3-4,7H,5-6H2,1-2H3,(H,13,14). The predicted molar refractivity (Wildman–Crippen MR) is 60.4 cm³/mol. The van der Waals surface area contributed by atoms with Crippen LogP contribution in [0.1, 0.15) is 12.5 Å². The molecule has 0 atom stereocenters. The molecule has 0 aliphatic heterocycles. The molecule has 0 spiro atoms. The molecule has 0 aliphatic carbocycles. The molecule has 15 heavy (non-hydrogen) atoms. The molecular weight excluding hydrogens is 214 g/mol. The molecule has 1 aromatic rings. The number of nitrogens with one attached hydrogen (secondary N) is 1. The number of rotatable bonds is 4. The Bertz CT molecular complexity index is 352. The molecule has 0 bridgehead atoms. The maximum absolute atomic E-state index is 10.7. The van der Waals surface area contributed by atoms with Gasteiger partial charge in [-0.05, 0) is 30.2 Å². The van der Waals surface area contributed by atoms with Crippen LogP contribution >= 0.6 is 11.6 Å². The average Bonchev–Trinajstić information content (AvgIpc) is 2.17. The topological polar surface area (TPSA) is 38.3 Å². The van der Waals surface area contributed by atoms with Gasteiger partial charge in [0.1, 0.15) is 5.75 Å². The van der Waals surface area contributed by atoms with Gasteiger partial charge >= 0.3 is 0 Å². The van der Waals surface area contributed by atoms with Gasteiger partial charge < -0.3 is 10.1 Å². The molecule has 3 nitrogen and oxygen atoms in total. The van der Waals surface area contributed by atoms with E-state index in [-0.39, 0.29) is 5.91 Å². The van der Waals surface area contributed by atoms with Gasteiger partial charge in [0, 0.05) is 18.5 Å². The van der Waals surface area contributed by atoms with Crippen molar-refractivity contribution in [1.29, 1.82) is 0 Å². The first-order valence-electron chi connectivity index (χ1n) is 4.70. The van der Waals surface area contributed by atoms with E-state index in [4.69, 9.17) is 16.3 Å². The van der Waals surface area contributed by atoms with Gasteiger partial charge in [-0.3, -0.25) is 4.79 Å². The van der Waals surface area contributed by atoms with Crippen molar-refractivity contribution in [2.24, 2.45) is 0 Å². The molecule has 0 aromatic heterocycles. The molecule has 0 saturated heterocycles. The number of benzene rings is 1. The van der Waals surface area contributed by atoms with E-state index in [9.17, 15) is 4.79 Å². The van der Waals surface area contributed by atoms with Crippen LogP contribution in [0.15, 0.2) is 18.2 Å². The van der Waals surface area contributed by atoms with Crippen LogP contribution in [0.2, 0.25) is 5.02 Å². The van der Waals surface area contributed by atoms with Gasteiger partial charge in [0.25, 0.3) is 0 Å². The number of halogens is 1. The Hall–Kier alpha value is -1.22. The minimum atomic E-state index is -0.0315. The largest absolute Gasteiger partial charge is 0.496 e. The molecule has 0 saturated carbocycles. The van der Waals surface area contributed by atoms with Crippen LogP contribution in [0.3, 0.4) is 0 Å². The summed E-state index contributed by atoms with van der Waals surface area (Å²) >= 11 is 5.87. The first-order valence-corrected chi connectivity index (χ1v) is 5.08. The summed E-state index contributed by atoms with van der Waals surface area (Å²) in [4.78, 5) is 10.7. The molecule has 0 unspecified atom stereocenters. The molecular formula is C11H14ClNO2. The molecule has 1 N–H and O–H groups in total. The van der Waals surface area contributed by atoms with Crippen molar-refractivity contribution in [3.8, 4) is 5.75 Å². The van der Waals surface area contributed by atoms with Crippen molar-refractivity contribution in [3.63, 3.8) is 0 Å². The second-order valence-corrected chi connectivity index (χ2v) is 3.63. The van der Waals surface area contributed by atoms with Gasteiger partial charge in [0.05, 0.1) is 7.11 Å². The van der Waals surface area contributed by atoms with E-state index < -0.39 is 0 Å². The minimum Gasteiger partial charge on any atom is -0.496 e. The van der Waals surface area contributed by atoms with Gasteiger partial charge in [-0.25, -0.2) is 0 Å². The van der Waals surface area contributed by atoms with Crippen LogP contribution in [-0.4, -0.2) is 19.6 Å². The van der Waals surface area contributed by atoms with Crippen LogP contribution in [0, 0.1) is 0 Å². The van der Waals surface area contributed by atoms with Gasteiger partial charge in [0.2, 0.25) is 5.91 Å². The van der Waals surface area contributed by atoms with Gasteiger partial charge in [-0.2, -0.15) is 0 Å². The lowest BCUT2D eigenvalue weighted by Gasteiger charge is -2.08. The van der Waals surface area contributed by atoms with Crippen LogP contribution in [0.4, 0.5) is 0 Å². The SMILES string of the molecule is COc1ccc(Cl)cc1CCNC(C)=O. The molecule has 0 heterocycles. The third-order valence-corrected chi connectivity index (χ3v) is 2.25. The number of hydrogen-bond donors (Lipinski definition) is 1. The summed E-state index contributed by atoms with van der Waals surface area (Å²) in [7, 11) is 1.62. The summed E-state index contributed by atoms with van der Waals surface area (Å²) in [5.41, 5.74) is 0.999. The Morgan fingerprint density at radius 2 is 2.27 bits per heavy atom. The zero-order valence-corrected chi connectivity index (χ0v) is 9.60.